The van der Waals surface area contributed by atoms with Crippen molar-refractivity contribution in [1.29, 1.82) is 0 Å². The molecule has 1 N–H and O–H groups in total. The van der Waals surface area contributed by atoms with Crippen LogP contribution in [0.5, 0.6) is 0 Å². The van der Waals surface area contributed by atoms with Crippen LogP contribution in [0, 0.1) is 0 Å². The van der Waals surface area contributed by atoms with Gasteiger partial charge in [0.1, 0.15) is 0 Å². The number of rotatable bonds is 2. The molecule has 0 spiro atoms. The number of hydrogen-bond acceptors (Lipinski definition) is 3. The smallest absolute Gasteiger partial charge is 0.264 e. The van der Waals surface area contributed by atoms with Gasteiger partial charge in [-0.2, -0.15) is 0 Å². The summed E-state index contributed by atoms with van der Waals surface area (Å²) in [6.07, 6.45) is -0.209. The molecule has 0 saturated heterocycles. The molecule has 0 saturated carbocycles. The highest BCUT2D eigenvalue weighted by Gasteiger charge is 2.14. The van der Waals surface area contributed by atoms with Gasteiger partial charge in [-0.25, -0.2) is 4.98 Å². The van der Waals surface area contributed by atoms with Gasteiger partial charge in [0.15, 0.2) is 0 Å². The van der Waals surface area contributed by atoms with Gasteiger partial charge in [-0.15, -0.1) is 0 Å². The van der Waals surface area contributed by atoms with Gasteiger partial charge >= 0.3 is 0 Å². The van der Waals surface area contributed by atoms with Crippen molar-refractivity contribution in [3.63, 3.8) is 0 Å². The van der Waals surface area contributed by atoms with E-state index in [9.17, 15) is 4.79 Å². The molecule has 0 bridgehead atoms. The van der Waals surface area contributed by atoms with Gasteiger partial charge < -0.3 is 5.32 Å². The zero-order valence-electron chi connectivity index (χ0n) is 9.37. The van der Waals surface area contributed by atoms with Crippen LogP contribution in [0.2, 0.25) is 5.28 Å². The van der Waals surface area contributed by atoms with E-state index in [0.29, 0.717) is 10.9 Å². The summed E-state index contributed by atoms with van der Waals surface area (Å²) in [4.78, 5) is 16.6. The normalized spacial score (nSPS) is 12.9. The summed E-state index contributed by atoms with van der Waals surface area (Å²) < 4.78 is 2.15. The molecule has 0 radical (unpaired) electrons. The zero-order chi connectivity index (χ0) is 12.6. The Labute approximate surface area is 112 Å². The minimum atomic E-state index is -0.209. The lowest BCUT2D eigenvalue weighted by molar-refractivity contribution is 0.461. The topological polar surface area (TPSA) is 46.9 Å². The van der Waals surface area contributed by atoms with E-state index in [0.717, 1.165) is 4.47 Å². The van der Waals surface area contributed by atoms with Crippen LogP contribution in [0.3, 0.4) is 0 Å². The van der Waals surface area contributed by atoms with Crippen molar-refractivity contribution in [3.8, 4) is 0 Å². The maximum atomic E-state index is 12.3. The first-order chi connectivity index (χ1) is 8.06. The Bertz CT molecular complexity index is 626. The summed E-state index contributed by atoms with van der Waals surface area (Å²) in [7, 11) is 1.76. The summed E-state index contributed by atoms with van der Waals surface area (Å²) in [6.45, 7) is 1.84. The van der Waals surface area contributed by atoms with Crippen molar-refractivity contribution in [2.24, 2.45) is 0 Å². The van der Waals surface area contributed by atoms with E-state index >= 15 is 0 Å². The first-order valence-electron chi connectivity index (χ1n) is 5.09. The number of nitrogens with zero attached hydrogens (tertiary/aromatic N) is 2. The standard InChI is InChI=1S/C11H11BrClN3O/c1-6(14-2)16-10(17)9-7(12)4-3-5-8(9)15-11(16)13/h3-6,14H,1-2H3. The Morgan fingerprint density at radius 3 is 2.88 bits per heavy atom. The fourth-order valence-electron chi connectivity index (χ4n) is 1.64. The molecule has 1 unspecified atom stereocenters. The van der Waals surface area contributed by atoms with Crippen molar-refractivity contribution in [1.82, 2.24) is 14.9 Å². The molecule has 0 fully saturated rings. The average molecular weight is 317 g/mol. The molecular formula is C11H11BrClN3O. The van der Waals surface area contributed by atoms with Crippen LogP contribution in [0.1, 0.15) is 13.1 Å². The SMILES string of the molecule is CNC(C)n1c(Cl)nc2cccc(Br)c2c1=O. The van der Waals surface area contributed by atoms with Crippen LogP contribution < -0.4 is 10.9 Å². The van der Waals surface area contributed by atoms with Crippen LogP contribution in [0.4, 0.5) is 0 Å². The fourth-order valence-corrected chi connectivity index (χ4v) is 2.48. The third-order valence-electron chi connectivity index (χ3n) is 2.64. The quantitative estimate of drug-likeness (QED) is 0.866. The summed E-state index contributed by atoms with van der Waals surface area (Å²) >= 11 is 9.39. The highest BCUT2D eigenvalue weighted by molar-refractivity contribution is 9.10. The van der Waals surface area contributed by atoms with Gasteiger partial charge in [0, 0.05) is 4.47 Å². The minimum Gasteiger partial charge on any atom is -0.300 e. The van der Waals surface area contributed by atoms with Gasteiger partial charge in [0.2, 0.25) is 5.28 Å². The van der Waals surface area contributed by atoms with Crippen LogP contribution >= 0.6 is 27.5 Å². The summed E-state index contributed by atoms with van der Waals surface area (Å²) in [5.74, 6) is 0. The number of benzene rings is 1. The average Bonchev–Trinajstić information content (AvgIpc) is 2.28. The van der Waals surface area contributed by atoms with Crippen molar-refractivity contribution in [2.75, 3.05) is 7.05 Å². The fraction of sp³-hybridized carbons (Fsp3) is 0.273. The highest BCUT2D eigenvalue weighted by Crippen LogP contribution is 2.21. The van der Waals surface area contributed by atoms with E-state index in [1.54, 1.807) is 13.1 Å². The number of fused-ring (bicyclic) bond motifs is 1. The summed E-state index contributed by atoms with van der Waals surface area (Å²) in [5, 5.41) is 3.69. The van der Waals surface area contributed by atoms with E-state index in [1.807, 2.05) is 19.1 Å². The summed E-state index contributed by atoms with van der Waals surface area (Å²) in [5.41, 5.74) is 0.434. The molecule has 1 atom stereocenters. The largest absolute Gasteiger partial charge is 0.300 e. The first-order valence-corrected chi connectivity index (χ1v) is 6.27. The Hall–Kier alpha value is -0.910. The molecular weight excluding hydrogens is 305 g/mol. The third kappa shape index (κ3) is 2.10. The third-order valence-corrected chi connectivity index (χ3v) is 3.57. The zero-order valence-corrected chi connectivity index (χ0v) is 11.7. The van der Waals surface area contributed by atoms with Crippen LogP contribution in [-0.4, -0.2) is 16.6 Å². The van der Waals surface area contributed by atoms with Gasteiger partial charge in [0.25, 0.3) is 5.56 Å². The lowest BCUT2D eigenvalue weighted by atomic mass is 10.2. The van der Waals surface area contributed by atoms with Crippen molar-refractivity contribution >= 4 is 38.4 Å². The Kier molecular flexibility index (Phi) is 3.51. The van der Waals surface area contributed by atoms with Crippen LogP contribution in [0.15, 0.2) is 27.5 Å². The van der Waals surface area contributed by atoms with Gasteiger partial charge in [-0.05, 0) is 53.6 Å². The van der Waals surface area contributed by atoms with Crippen molar-refractivity contribution in [2.45, 2.75) is 13.1 Å². The maximum Gasteiger partial charge on any atom is 0.264 e. The second kappa shape index (κ2) is 4.76. The molecule has 6 heteroatoms. The molecule has 2 aromatic rings. The lowest BCUT2D eigenvalue weighted by Crippen LogP contribution is -2.31. The molecule has 17 heavy (non-hydrogen) atoms. The molecule has 2 rings (SSSR count). The Morgan fingerprint density at radius 1 is 1.53 bits per heavy atom. The van der Waals surface area contributed by atoms with E-state index in [2.05, 4.69) is 26.2 Å². The molecule has 0 aliphatic heterocycles. The second-order valence-electron chi connectivity index (χ2n) is 3.65. The molecule has 90 valence electrons. The molecule has 0 aliphatic rings. The molecule has 0 amide bonds. The predicted molar refractivity (Wildman–Crippen MR) is 72.5 cm³/mol. The predicted octanol–water partition coefficient (Wildman–Crippen LogP) is 2.55. The van der Waals surface area contributed by atoms with E-state index in [-0.39, 0.29) is 17.0 Å². The molecule has 1 aromatic heterocycles. The maximum absolute atomic E-state index is 12.3. The molecule has 1 heterocycles. The van der Waals surface area contributed by atoms with E-state index in [4.69, 9.17) is 11.6 Å². The van der Waals surface area contributed by atoms with Crippen molar-refractivity contribution < 1.29 is 0 Å². The van der Waals surface area contributed by atoms with Crippen LogP contribution in [-0.2, 0) is 0 Å². The second-order valence-corrected chi connectivity index (χ2v) is 4.85. The van der Waals surface area contributed by atoms with Crippen LogP contribution in [0.25, 0.3) is 10.9 Å². The molecule has 0 aliphatic carbocycles. The first kappa shape index (κ1) is 12.5. The van der Waals surface area contributed by atoms with E-state index in [1.165, 1.54) is 4.57 Å². The number of hydrogen-bond donors (Lipinski definition) is 1. The Morgan fingerprint density at radius 2 is 2.24 bits per heavy atom. The highest BCUT2D eigenvalue weighted by atomic mass is 79.9. The van der Waals surface area contributed by atoms with Gasteiger partial charge in [-0.1, -0.05) is 6.07 Å². The minimum absolute atomic E-state index is 0.158. The number of halogens is 2. The molecule has 1 aromatic carbocycles. The van der Waals surface area contributed by atoms with Gasteiger partial charge in [-0.3, -0.25) is 9.36 Å². The molecule has 4 nitrogen and oxygen atoms in total. The lowest BCUT2D eigenvalue weighted by Gasteiger charge is -2.16. The van der Waals surface area contributed by atoms with Gasteiger partial charge in [0.05, 0.1) is 17.1 Å². The Balaban J connectivity index is 2.88. The monoisotopic (exact) mass is 315 g/mol. The number of nitrogens with one attached hydrogen (secondary N) is 1. The van der Waals surface area contributed by atoms with Crippen molar-refractivity contribution in [3.05, 3.63) is 38.3 Å². The number of aromatic nitrogens is 2. The summed E-state index contributed by atoms with van der Waals surface area (Å²) in [6, 6.07) is 5.40. The van der Waals surface area contributed by atoms with E-state index < -0.39 is 0 Å².